The van der Waals surface area contributed by atoms with Crippen molar-refractivity contribution in [3.05, 3.63) is 54.1 Å². The first kappa shape index (κ1) is 10.4. The van der Waals surface area contributed by atoms with Gasteiger partial charge in [0.05, 0.1) is 12.2 Å². The molecule has 1 aromatic carbocycles. The zero-order chi connectivity index (χ0) is 11.4. The Balaban J connectivity index is 1.93. The number of Topliss-reactive ketones (excluding diaryl/α,β-unsaturated/α-hetero) is 1. The first-order chi connectivity index (χ1) is 7.75. The number of aromatic amines is 1. The number of aromatic nitrogens is 1. The van der Waals surface area contributed by atoms with Crippen LogP contribution in [0.2, 0.25) is 0 Å². The van der Waals surface area contributed by atoms with Gasteiger partial charge in [0.15, 0.2) is 5.78 Å². The summed E-state index contributed by atoms with van der Waals surface area (Å²) in [6.45, 7) is 0.187. The van der Waals surface area contributed by atoms with Gasteiger partial charge in [0.25, 0.3) is 0 Å². The highest BCUT2D eigenvalue weighted by Gasteiger charge is 2.05. The van der Waals surface area contributed by atoms with E-state index in [4.69, 9.17) is 0 Å². The molecule has 4 heteroatoms. The lowest BCUT2D eigenvalue weighted by Gasteiger charge is -2.04. The smallest absolute Gasteiger partial charge is 0.197 e. The molecule has 2 N–H and O–H groups in total. The monoisotopic (exact) mass is 218 g/mol. The highest BCUT2D eigenvalue weighted by Crippen LogP contribution is 2.08. The van der Waals surface area contributed by atoms with E-state index in [1.165, 1.54) is 12.1 Å². The number of halogens is 1. The number of nitrogens with one attached hydrogen (secondary N) is 2. The summed E-state index contributed by atoms with van der Waals surface area (Å²) < 4.78 is 12.6. The lowest BCUT2D eigenvalue weighted by molar-refractivity contribution is 0.100. The molecule has 2 aromatic rings. The van der Waals surface area contributed by atoms with E-state index < -0.39 is 0 Å². The van der Waals surface area contributed by atoms with Crippen LogP contribution in [0.1, 0.15) is 10.5 Å². The van der Waals surface area contributed by atoms with Crippen LogP contribution >= 0.6 is 0 Å². The summed E-state index contributed by atoms with van der Waals surface area (Å²) in [4.78, 5) is 14.4. The Morgan fingerprint density at radius 3 is 2.62 bits per heavy atom. The molecular formula is C12H11FN2O. The van der Waals surface area contributed by atoms with Crippen molar-refractivity contribution >= 4 is 11.5 Å². The molecule has 0 saturated heterocycles. The lowest BCUT2D eigenvalue weighted by atomic mass is 10.2. The minimum atomic E-state index is -0.291. The van der Waals surface area contributed by atoms with Gasteiger partial charge in [-0.2, -0.15) is 0 Å². The van der Waals surface area contributed by atoms with Gasteiger partial charge in [0.1, 0.15) is 5.82 Å². The van der Waals surface area contributed by atoms with E-state index in [1.807, 2.05) is 0 Å². The molecule has 82 valence electrons. The maximum atomic E-state index is 12.6. The average Bonchev–Trinajstić information content (AvgIpc) is 2.81. The second kappa shape index (κ2) is 4.61. The second-order valence-electron chi connectivity index (χ2n) is 3.37. The normalized spacial score (nSPS) is 10.1. The molecule has 0 unspecified atom stereocenters. The third-order valence-corrected chi connectivity index (χ3v) is 2.20. The number of hydrogen-bond acceptors (Lipinski definition) is 2. The molecule has 16 heavy (non-hydrogen) atoms. The summed E-state index contributed by atoms with van der Waals surface area (Å²) in [5, 5.41) is 2.92. The SMILES string of the molecule is O=C(CNc1ccc(F)cc1)c1ccc[nH]1. The first-order valence-electron chi connectivity index (χ1n) is 4.92. The zero-order valence-electron chi connectivity index (χ0n) is 8.53. The van der Waals surface area contributed by atoms with Crippen LogP contribution < -0.4 is 5.32 Å². The molecule has 1 aromatic heterocycles. The van der Waals surface area contributed by atoms with Gasteiger partial charge in [0, 0.05) is 11.9 Å². The van der Waals surface area contributed by atoms with Crippen molar-refractivity contribution in [1.29, 1.82) is 0 Å². The summed E-state index contributed by atoms with van der Waals surface area (Å²) in [6.07, 6.45) is 1.70. The Morgan fingerprint density at radius 2 is 2.00 bits per heavy atom. The molecule has 0 amide bonds. The first-order valence-corrected chi connectivity index (χ1v) is 4.92. The van der Waals surface area contributed by atoms with Crippen LogP contribution in [-0.2, 0) is 0 Å². The van der Waals surface area contributed by atoms with Crippen LogP contribution in [0.15, 0.2) is 42.6 Å². The molecule has 3 nitrogen and oxygen atoms in total. The molecule has 2 rings (SSSR count). The van der Waals surface area contributed by atoms with Gasteiger partial charge in [-0.05, 0) is 36.4 Å². The fourth-order valence-electron chi connectivity index (χ4n) is 1.35. The lowest BCUT2D eigenvalue weighted by Crippen LogP contribution is -2.14. The maximum Gasteiger partial charge on any atom is 0.197 e. The van der Waals surface area contributed by atoms with Crippen molar-refractivity contribution in [2.45, 2.75) is 0 Å². The van der Waals surface area contributed by atoms with Gasteiger partial charge in [-0.15, -0.1) is 0 Å². The predicted octanol–water partition coefficient (Wildman–Crippen LogP) is 2.45. The zero-order valence-corrected chi connectivity index (χ0v) is 8.53. The minimum Gasteiger partial charge on any atom is -0.378 e. The van der Waals surface area contributed by atoms with Crippen molar-refractivity contribution in [3.8, 4) is 0 Å². The van der Waals surface area contributed by atoms with Crippen LogP contribution in [0.4, 0.5) is 10.1 Å². The molecular weight excluding hydrogens is 207 g/mol. The number of ketones is 1. The largest absolute Gasteiger partial charge is 0.378 e. The average molecular weight is 218 g/mol. The molecule has 0 aliphatic carbocycles. The Labute approximate surface area is 92.3 Å². The maximum absolute atomic E-state index is 12.6. The highest BCUT2D eigenvalue weighted by atomic mass is 19.1. The molecule has 1 heterocycles. The van der Waals surface area contributed by atoms with Crippen LogP contribution in [0, 0.1) is 5.82 Å². The summed E-state index contributed by atoms with van der Waals surface area (Å²) in [6, 6.07) is 9.37. The summed E-state index contributed by atoms with van der Waals surface area (Å²) in [5.74, 6) is -0.324. The van der Waals surface area contributed by atoms with Crippen molar-refractivity contribution in [2.24, 2.45) is 0 Å². The Kier molecular flexibility index (Phi) is 3.00. The molecule has 0 bridgehead atoms. The van der Waals surface area contributed by atoms with Crippen LogP contribution in [0.5, 0.6) is 0 Å². The van der Waals surface area contributed by atoms with E-state index in [9.17, 15) is 9.18 Å². The number of carbonyl (C=O) groups is 1. The van der Waals surface area contributed by atoms with Crippen molar-refractivity contribution in [3.63, 3.8) is 0 Å². The highest BCUT2D eigenvalue weighted by molar-refractivity contribution is 5.97. The third-order valence-electron chi connectivity index (χ3n) is 2.20. The standard InChI is InChI=1S/C12H11FN2O/c13-9-3-5-10(6-4-9)15-8-12(16)11-2-1-7-14-11/h1-7,14-15H,8H2. The van der Waals surface area contributed by atoms with Crippen molar-refractivity contribution < 1.29 is 9.18 Å². The summed E-state index contributed by atoms with van der Waals surface area (Å²) in [7, 11) is 0. The van der Waals surface area contributed by atoms with Crippen LogP contribution in [-0.4, -0.2) is 17.3 Å². The minimum absolute atomic E-state index is 0.0330. The van der Waals surface area contributed by atoms with Gasteiger partial charge in [0.2, 0.25) is 0 Å². The van der Waals surface area contributed by atoms with Crippen LogP contribution in [0.25, 0.3) is 0 Å². The van der Waals surface area contributed by atoms with Crippen LogP contribution in [0.3, 0.4) is 0 Å². The number of carbonyl (C=O) groups excluding carboxylic acids is 1. The van der Waals surface area contributed by atoms with E-state index >= 15 is 0 Å². The molecule has 0 aliphatic rings. The number of benzene rings is 1. The molecule has 0 atom stereocenters. The summed E-state index contributed by atoms with van der Waals surface area (Å²) in [5.41, 5.74) is 1.29. The van der Waals surface area contributed by atoms with Gasteiger partial charge >= 0.3 is 0 Å². The van der Waals surface area contributed by atoms with Gasteiger partial charge < -0.3 is 10.3 Å². The van der Waals surface area contributed by atoms with E-state index in [2.05, 4.69) is 10.3 Å². The van der Waals surface area contributed by atoms with Gasteiger partial charge in [-0.3, -0.25) is 4.79 Å². The van der Waals surface area contributed by atoms with Crippen molar-refractivity contribution in [2.75, 3.05) is 11.9 Å². The molecule has 0 spiro atoms. The molecule has 0 fully saturated rings. The van der Waals surface area contributed by atoms with Gasteiger partial charge in [-0.1, -0.05) is 0 Å². The topological polar surface area (TPSA) is 44.9 Å². The predicted molar refractivity (Wildman–Crippen MR) is 60.0 cm³/mol. The molecule has 0 saturated carbocycles. The Hall–Kier alpha value is -2.10. The van der Waals surface area contributed by atoms with E-state index in [1.54, 1.807) is 30.5 Å². The quantitative estimate of drug-likeness (QED) is 0.774. The fraction of sp³-hybridized carbons (Fsp3) is 0.0833. The molecule has 0 aliphatic heterocycles. The summed E-state index contributed by atoms with van der Waals surface area (Å²) >= 11 is 0. The van der Waals surface area contributed by atoms with E-state index in [-0.39, 0.29) is 18.1 Å². The number of H-pyrrole nitrogens is 1. The number of anilines is 1. The third kappa shape index (κ3) is 2.48. The van der Waals surface area contributed by atoms with Gasteiger partial charge in [-0.25, -0.2) is 4.39 Å². The second-order valence-corrected chi connectivity index (χ2v) is 3.37. The number of rotatable bonds is 4. The van der Waals surface area contributed by atoms with E-state index in [0.717, 1.165) is 5.69 Å². The van der Waals surface area contributed by atoms with E-state index in [0.29, 0.717) is 5.69 Å². The number of hydrogen-bond donors (Lipinski definition) is 2. The molecule has 0 radical (unpaired) electrons. The van der Waals surface area contributed by atoms with Crippen molar-refractivity contribution in [1.82, 2.24) is 4.98 Å². The Bertz CT molecular complexity index is 462. The fourth-order valence-corrected chi connectivity index (χ4v) is 1.35. The Morgan fingerprint density at radius 1 is 1.25 bits per heavy atom.